The van der Waals surface area contributed by atoms with Gasteiger partial charge in [0.25, 0.3) is 11.5 Å². The number of hydrogen-bond acceptors (Lipinski definition) is 10. The van der Waals surface area contributed by atoms with E-state index in [1.54, 1.807) is 0 Å². The number of imidazole rings is 1. The van der Waals surface area contributed by atoms with Crippen molar-refractivity contribution in [3.05, 3.63) is 16.7 Å². The molecule has 1 saturated heterocycles. The Morgan fingerprint density at radius 1 is 1.44 bits per heavy atom. The fraction of sp³-hybridized carbons (Fsp3) is 0.500. The number of hydrogen-bond donors (Lipinski definition) is 7. The third-order valence-corrected chi connectivity index (χ3v) is 4.35. The van der Waals surface area contributed by atoms with Crippen molar-refractivity contribution >= 4 is 23.0 Å². The Balaban J connectivity index is 2.20. The van der Waals surface area contributed by atoms with Crippen LogP contribution in [-0.4, -0.2) is 76.4 Å². The van der Waals surface area contributed by atoms with Gasteiger partial charge in [0.2, 0.25) is 11.5 Å². The molecule has 0 spiro atoms. The summed E-state index contributed by atoms with van der Waals surface area (Å²) in [7, 11) is 0. The van der Waals surface area contributed by atoms with E-state index in [1.807, 2.05) is 0 Å². The van der Waals surface area contributed by atoms with Crippen LogP contribution in [0.1, 0.15) is 6.23 Å². The van der Waals surface area contributed by atoms with Gasteiger partial charge < -0.3 is 36.6 Å². The van der Waals surface area contributed by atoms with Gasteiger partial charge in [-0.3, -0.25) is 19.1 Å². The average molecular weight is 356 g/mol. The maximum absolute atomic E-state index is 11.8. The van der Waals surface area contributed by atoms with Crippen molar-refractivity contribution in [2.24, 2.45) is 5.73 Å². The maximum Gasteiger partial charge on any atom is 0.280 e. The highest BCUT2D eigenvalue weighted by atomic mass is 16.6. The van der Waals surface area contributed by atoms with Gasteiger partial charge in [-0.2, -0.15) is 4.98 Å². The van der Waals surface area contributed by atoms with Crippen molar-refractivity contribution in [1.29, 1.82) is 0 Å². The Hall–Kier alpha value is -2.58. The van der Waals surface area contributed by atoms with E-state index in [0.717, 1.165) is 10.9 Å². The minimum absolute atomic E-state index is 0.108. The Morgan fingerprint density at radius 2 is 2.08 bits per heavy atom. The number of nitrogens with one attached hydrogen (secondary N) is 1. The molecule has 0 unspecified atom stereocenters. The summed E-state index contributed by atoms with van der Waals surface area (Å²) in [5.74, 6) is -1.66. The van der Waals surface area contributed by atoms with Gasteiger partial charge in [0, 0.05) is 0 Å². The third-order valence-electron chi connectivity index (χ3n) is 4.35. The number of aliphatic hydroxyl groups is 4. The van der Waals surface area contributed by atoms with E-state index in [9.17, 15) is 30.0 Å². The summed E-state index contributed by atoms with van der Waals surface area (Å²) in [4.78, 5) is 33.5. The largest absolute Gasteiger partial charge is 0.393 e. The highest BCUT2D eigenvalue weighted by Crippen LogP contribution is 2.44. The molecule has 0 aliphatic carbocycles. The summed E-state index contributed by atoms with van der Waals surface area (Å²) in [5.41, 5.74) is 4.63. The minimum atomic E-state index is -2.81. The van der Waals surface area contributed by atoms with Crippen LogP contribution in [-0.2, 0) is 9.53 Å². The van der Waals surface area contributed by atoms with Crippen LogP contribution in [0.3, 0.4) is 0 Å². The number of aliphatic hydroxyl groups excluding tert-OH is 3. The van der Waals surface area contributed by atoms with Crippen molar-refractivity contribution in [3.63, 3.8) is 0 Å². The molecule has 0 aromatic carbocycles. The first-order valence-electron chi connectivity index (χ1n) is 7.04. The van der Waals surface area contributed by atoms with Gasteiger partial charge in [-0.05, 0) is 0 Å². The highest BCUT2D eigenvalue weighted by molar-refractivity contribution is 5.86. The number of fused-ring (bicyclic) bond motifs is 1. The third kappa shape index (κ3) is 2.07. The second kappa shape index (κ2) is 5.47. The topological polar surface area (TPSA) is 223 Å². The molecule has 1 aliphatic rings. The lowest BCUT2D eigenvalue weighted by Gasteiger charge is -2.36. The van der Waals surface area contributed by atoms with Crippen molar-refractivity contribution in [2.45, 2.75) is 23.5 Å². The summed E-state index contributed by atoms with van der Waals surface area (Å²) in [6.45, 7) is -2.06. The molecule has 0 bridgehead atoms. The van der Waals surface area contributed by atoms with E-state index in [4.69, 9.17) is 16.2 Å². The molecule has 3 rings (SSSR count). The number of anilines is 1. The number of aromatic nitrogens is 4. The number of H-pyrrole nitrogens is 1. The molecule has 0 saturated carbocycles. The number of carbonyl (C=O) groups excluding carboxylic acids is 1. The van der Waals surface area contributed by atoms with Crippen LogP contribution in [0.25, 0.3) is 11.2 Å². The molecule has 25 heavy (non-hydrogen) atoms. The van der Waals surface area contributed by atoms with Crippen LogP contribution >= 0.6 is 0 Å². The normalized spacial score (nSPS) is 28.5. The molecule has 136 valence electrons. The second-order valence-electron chi connectivity index (χ2n) is 5.67. The maximum atomic E-state index is 11.8. The molecule has 1 fully saturated rings. The zero-order valence-electron chi connectivity index (χ0n) is 12.7. The van der Waals surface area contributed by atoms with Crippen LogP contribution in [0.2, 0.25) is 0 Å². The van der Waals surface area contributed by atoms with E-state index < -0.39 is 48.2 Å². The monoisotopic (exact) mass is 356 g/mol. The molecule has 1 aliphatic heterocycles. The Bertz CT molecular complexity index is 890. The zero-order valence-corrected chi connectivity index (χ0v) is 12.7. The fourth-order valence-corrected chi connectivity index (χ4v) is 2.94. The molecule has 1 amide bonds. The number of nitrogens with zero attached hydrogens (tertiary/aromatic N) is 3. The Labute approximate surface area is 138 Å². The van der Waals surface area contributed by atoms with Gasteiger partial charge in [0.1, 0.15) is 6.10 Å². The Kier molecular flexibility index (Phi) is 3.77. The van der Waals surface area contributed by atoms with Crippen molar-refractivity contribution < 1.29 is 30.0 Å². The fourth-order valence-electron chi connectivity index (χ4n) is 2.94. The lowest BCUT2D eigenvalue weighted by atomic mass is 9.81. The van der Waals surface area contributed by atoms with Crippen molar-refractivity contribution in [2.75, 3.05) is 18.9 Å². The van der Waals surface area contributed by atoms with E-state index in [-0.39, 0.29) is 17.1 Å². The predicted molar refractivity (Wildman–Crippen MR) is 79.7 cm³/mol. The summed E-state index contributed by atoms with van der Waals surface area (Å²) in [5, 5.41) is 40.1. The number of ether oxygens (including phenoxy) is 1. The van der Waals surface area contributed by atoms with Gasteiger partial charge in [-0.25, -0.2) is 4.98 Å². The molecule has 3 heterocycles. The first-order valence-corrected chi connectivity index (χ1v) is 7.04. The van der Waals surface area contributed by atoms with Crippen LogP contribution in [0.15, 0.2) is 11.1 Å². The summed E-state index contributed by atoms with van der Waals surface area (Å²) >= 11 is 0. The van der Waals surface area contributed by atoms with Crippen LogP contribution in [0.5, 0.6) is 0 Å². The molecule has 9 N–H and O–H groups in total. The van der Waals surface area contributed by atoms with Gasteiger partial charge in [0.15, 0.2) is 23.0 Å². The quantitative estimate of drug-likeness (QED) is 0.278. The van der Waals surface area contributed by atoms with E-state index >= 15 is 0 Å². The number of carbonyl (C=O) groups is 1. The number of rotatable bonds is 4. The van der Waals surface area contributed by atoms with Gasteiger partial charge in [-0.1, -0.05) is 0 Å². The van der Waals surface area contributed by atoms with Crippen LogP contribution in [0.4, 0.5) is 5.95 Å². The molecular weight excluding hydrogens is 340 g/mol. The molecule has 2 aromatic heterocycles. The number of amides is 1. The Morgan fingerprint density at radius 3 is 2.60 bits per heavy atom. The SMILES string of the molecule is NC(=O)[C@]1(O)[C@@H](O)[C@H](n2cnc3c(=O)[nH]c(N)nc32)OC1(CO)CO. The van der Waals surface area contributed by atoms with Gasteiger partial charge in [0.05, 0.1) is 19.5 Å². The van der Waals surface area contributed by atoms with Gasteiger partial charge >= 0.3 is 0 Å². The molecule has 0 radical (unpaired) electrons. The molecule has 2 aromatic rings. The predicted octanol–water partition coefficient (Wildman–Crippen LogP) is -4.47. The van der Waals surface area contributed by atoms with E-state index in [0.29, 0.717) is 0 Å². The van der Waals surface area contributed by atoms with E-state index in [1.165, 1.54) is 0 Å². The minimum Gasteiger partial charge on any atom is -0.393 e. The number of nitrogen functional groups attached to an aromatic ring is 1. The lowest BCUT2D eigenvalue weighted by molar-refractivity contribution is -0.192. The zero-order chi connectivity index (χ0) is 18.6. The molecule has 3 atom stereocenters. The number of primary amides is 1. The molecule has 13 nitrogen and oxygen atoms in total. The summed E-state index contributed by atoms with van der Waals surface area (Å²) in [6, 6.07) is 0. The van der Waals surface area contributed by atoms with Gasteiger partial charge in [-0.15, -0.1) is 0 Å². The summed E-state index contributed by atoms with van der Waals surface area (Å²) in [6.07, 6.45) is -2.49. The summed E-state index contributed by atoms with van der Waals surface area (Å²) < 4.78 is 6.43. The standard InChI is InChI=1S/C12H16N6O7/c13-9(23)12(24)5(21)8(25-11(12,1-19)2-20)18-3-15-4-6(18)16-10(14)17-7(4)22/h3,5,8,19-21,24H,1-2H2,(H2,13,23)(H3,14,16,17,22)/t5-,8+,12+/m0/s1. The second-order valence-corrected chi connectivity index (χ2v) is 5.67. The lowest BCUT2D eigenvalue weighted by Crippen LogP contribution is -2.67. The number of nitrogens with two attached hydrogens (primary N) is 2. The highest BCUT2D eigenvalue weighted by Gasteiger charge is 2.69. The van der Waals surface area contributed by atoms with Crippen LogP contribution in [0, 0.1) is 0 Å². The van der Waals surface area contributed by atoms with E-state index in [2.05, 4.69) is 15.0 Å². The van der Waals surface area contributed by atoms with Crippen LogP contribution < -0.4 is 17.0 Å². The average Bonchev–Trinajstić information content (AvgIpc) is 3.07. The first-order chi connectivity index (χ1) is 11.7. The first kappa shape index (κ1) is 17.2. The molecular formula is C12H16N6O7. The van der Waals surface area contributed by atoms with Crippen molar-refractivity contribution in [1.82, 2.24) is 19.5 Å². The molecule has 13 heteroatoms. The van der Waals surface area contributed by atoms with Crippen molar-refractivity contribution in [3.8, 4) is 0 Å². The number of aromatic amines is 1. The smallest absolute Gasteiger partial charge is 0.280 e.